The number of amides is 3. The van der Waals surface area contributed by atoms with Crippen molar-refractivity contribution in [3.8, 4) is 0 Å². The summed E-state index contributed by atoms with van der Waals surface area (Å²) < 4.78 is 0. The maximum atomic E-state index is 11.2. The predicted molar refractivity (Wildman–Crippen MR) is 51.2 cm³/mol. The van der Waals surface area contributed by atoms with E-state index in [9.17, 15) is 9.59 Å². The van der Waals surface area contributed by atoms with Gasteiger partial charge in [-0.3, -0.25) is 10.1 Å². The zero-order chi connectivity index (χ0) is 9.97. The average molecular weight is 192 g/mol. The zero-order valence-electron chi connectivity index (χ0n) is 7.75. The van der Waals surface area contributed by atoms with Crippen LogP contribution >= 0.6 is 0 Å². The van der Waals surface area contributed by atoms with E-state index < -0.39 is 6.03 Å². The minimum absolute atomic E-state index is 0.315. The maximum absolute atomic E-state index is 11.2. The number of hydrogen-bond acceptors (Lipinski definition) is 2. The number of hydrogen-bond donors (Lipinski definition) is 2. The summed E-state index contributed by atoms with van der Waals surface area (Å²) in [5.74, 6) is 0.0590. The average Bonchev–Trinajstić information content (AvgIpc) is 2.47. The van der Waals surface area contributed by atoms with Crippen molar-refractivity contribution < 1.29 is 9.59 Å². The Kier molecular flexibility index (Phi) is 2.35. The van der Waals surface area contributed by atoms with E-state index in [4.69, 9.17) is 0 Å². The Morgan fingerprint density at radius 3 is 2.71 bits per heavy atom. The second-order valence-electron chi connectivity index (χ2n) is 3.53. The number of imide groups is 1. The van der Waals surface area contributed by atoms with E-state index in [1.807, 2.05) is 6.08 Å². The largest absolute Gasteiger partial charge is 0.326 e. The zero-order valence-corrected chi connectivity index (χ0v) is 7.75. The highest BCUT2D eigenvalue weighted by molar-refractivity contribution is 6.11. The van der Waals surface area contributed by atoms with Gasteiger partial charge in [-0.05, 0) is 25.2 Å². The van der Waals surface area contributed by atoms with Crippen LogP contribution in [-0.4, -0.2) is 11.9 Å². The van der Waals surface area contributed by atoms with Crippen LogP contribution in [0.25, 0.3) is 0 Å². The van der Waals surface area contributed by atoms with Crippen LogP contribution in [0.5, 0.6) is 0 Å². The molecule has 1 fully saturated rings. The van der Waals surface area contributed by atoms with E-state index in [1.165, 1.54) is 0 Å². The number of rotatable bonds is 1. The highest BCUT2D eigenvalue weighted by Gasteiger charge is 2.23. The van der Waals surface area contributed by atoms with Gasteiger partial charge in [0.25, 0.3) is 5.91 Å². The van der Waals surface area contributed by atoms with Crippen LogP contribution in [0.4, 0.5) is 4.79 Å². The molecule has 1 aliphatic heterocycles. The molecule has 0 aromatic rings. The summed E-state index contributed by atoms with van der Waals surface area (Å²) in [5.41, 5.74) is 0.398. The predicted octanol–water partition coefficient (Wildman–Crippen LogP) is 1.07. The molecule has 2 rings (SSSR count). The number of allylic oxidation sites excluding steroid dienone is 3. The number of carbonyl (C=O) groups is 2. The lowest BCUT2D eigenvalue weighted by molar-refractivity contribution is -0.115. The Bertz CT molecular complexity index is 331. The van der Waals surface area contributed by atoms with E-state index in [-0.39, 0.29) is 5.91 Å². The smallest absolute Gasteiger partial charge is 0.303 e. The molecule has 0 bridgehead atoms. The minimum atomic E-state index is -0.424. The highest BCUT2D eigenvalue weighted by Crippen LogP contribution is 2.20. The first kappa shape index (κ1) is 8.99. The molecule has 14 heavy (non-hydrogen) atoms. The van der Waals surface area contributed by atoms with Crippen molar-refractivity contribution in [3.63, 3.8) is 0 Å². The normalized spacial score (nSPS) is 29.1. The van der Waals surface area contributed by atoms with E-state index in [2.05, 4.69) is 22.8 Å². The van der Waals surface area contributed by atoms with Gasteiger partial charge in [0.15, 0.2) is 0 Å². The van der Waals surface area contributed by atoms with E-state index in [0.717, 1.165) is 19.3 Å². The Morgan fingerprint density at radius 1 is 1.29 bits per heavy atom. The summed E-state index contributed by atoms with van der Waals surface area (Å²) in [4.78, 5) is 22.0. The lowest BCUT2D eigenvalue weighted by Crippen LogP contribution is -2.22. The summed E-state index contributed by atoms with van der Waals surface area (Å²) in [6, 6.07) is -0.424. The summed E-state index contributed by atoms with van der Waals surface area (Å²) in [7, 11) is 0. The molecule has 1 unspecified atom stereocenters. The molecule has 4 heteroatoms. The van der Waals surface area contributed by atoms with Crippen molar-refractivity contribution in [2.45, 2.75) is 19.3 Å². The first-order valence-electron chi connectivity index (χ1n) is 4.75. The van der Waals surface area contributed by atoms with Gasteiger partial charge in [-0.25, -0.2) is 4.79 Å². The Balaban J connectivity index is 2.06. The molecule has 1 heterocycles. The molecule has 2 aliphatic rings. The first-order valence-corrected chi connectivity index (χ1v) is 4.75. The topological polar surface area (TPSA) is 58.2 Å². The molecule has 74 valence electrons. The van der Waals surface area contributed by atoms with Crippen LogP contribution in [0.2, 0.25) is 0 Å². The third kappa shape index (κ3) is 1.84. The van der Waals surface area contributed by atoms with E-state index in [0.29, 0.717) is 11.6 Å². The van der Waals surface area contributed by atoms with Crippen molar-refractivity contribution in [2.24, 2.45) is 5.92 Å². The molecular weight excluding hydrogens is 180 g/mol. The second kappa shape index (κ2) is 3.65. The molecular formula is C10H12N2O2. The molecule has 1 aliphatic carbocycles. The lowest BCUT2D eigenvalue weighted by Gasteiger charge is -2.13. The molecule has 0 radical (unpaired) electrons. The molecule has 0 spiro atoms. The van der Waals surface area contributed by atoms with Gasteiger partial charge in [0, 0.05) is 0 Å². The fourth-order valence-electron chi connectivity index (χ4n) is 1.70. The van der Waals surface area contributed by atoms with E-state index in [1.54, 1.807) is 0 Å². The molecule has 0 aromatic carbocycles. The Hall–Kier alpha value is -1.58. The molecule has 4 nitrogen and oxygen atoms in total. The molecule has 3 amide bonds. The summed E-state index contributed by atoms with van der Waals surface area (Å²) >= 11 is 0. The van der Waals surface area contributed by atoms with Crippen LogP contribution in [0, 0.1) is 5.92 Å². The monoisotopic (exact) mass is 192 g/mol. The summed E-state index contributed by atoms with van der Waals surface area (Å²) in [5, 5.41) is 4.67. The van der Waals surface area contributed by atoms with Gasteiger partial charge in [-0.1, -0.05) is 18.2 Å². The second-order valence-corrected chi connectivity index (χ2v) is 3.53. The summed E-state index contributed by atoms with van der Waals surface area (Å²) in [6.45, 7) is 0. The van der Waals surface area contributed by atoms with Gasteiger partial charge in [0.2, 0.25) is 0 Å². The Morgan fingerprint density at radius 2 is 2.14 bits per heavy atom. The van der Waals surface area contributed by atoms with Gasteiger partial charge in [0.1, 0.15) is 5.70 Å². The third-order valence-corrected chi connectivity index (χ3v) is 2.43. The van der Waals surface area contributed by atoms with Gasteiger partial charge in [-0.2, -0.15) is 0 Å². The van der Waals surface area contributed by atoms with Crippen molar-refractivity contribution >= 4 is 11.9 Å². The van der Waals surface area contributed by atoms with Crippen LogP contribution in [0.1, 0.15) is 19.3 Å². The van der Waals surface area contributed by atoms with Gasteiger partial charge < -0.3 is 5.32 Å². The maximum Gasteiger partial charge on any atom is 0.326 e. The molecule has 0 saturated carbocycles. The van der Waals surface area contributed by atoms with Crippen molar-refractivity contribution in [3.05, 3.63) is 23.9 Å². The van der Waals surface area contributed by atoms with Crippen molar-refractivity contribution in [2.75, 3.05) is 0 Å². The van der Waals surface area contributed by atoms with E-state index >= 15 is 0 Å². The number of nitrogens with one attached hydrogen (secondary N) is 2. The van der Waals surface area contributed by atoms with Crippen LogP contribution in [0.15, 0.2) is 23.9 Å². The first-order chi connectivity index (χ1) is 6.75. The minimum Gasteiger partial charge on any atom is -0.303 e. The fourth-order valence-corrected chi connectivity index (χ4v) is 1.70. The fraction of sp³-hybridized carbons (Fsp3) is 0.400. The third-order valence-electron chi connectivity index (χ3n) is 2.43. The number of carbonyl (C=O) groups excluding carboxylic acids is 2. The van der Waals surface area contributed by atoms with Crippen molar-refractivity contribution in [1.82, 2.24) is 10.6 Å². The van der Waals surface area contributed by atoms with Crippen molar-refractivity contribution in [1.29, 1.82) is 0 Å². The van der Waals surface area contributed by atoms with Crippen LogP contribution < -0.4 is 10.6 Å². The van der Waals surface area contributed by atoms with Crippen LogP contribution in [0.3, 0.4) is 0 Å². The quantitative estimate of drug-likeness (QED) is 0.371. The van der Waals surface area contributed by atoms with Gasteiger partial charge >= 0.3 is 6.03 Å². The Labute approximate surface area is 82.1 Å². The molecule has 1 atom stereocenters. The standard InChI is InChI=1S/C10H12N2O2/c13-9-8(11-10(14)12-9)6-7-4-2-1-3-5-7/h1-2,6-7H,3-5H2,(H2,11,12,13,14). The summed E-state index contributed by atoms with van der Waals surface area (Å²) in [6.07, 6.45) is 9.14. The highest BCUT2D eigenvalue weighted by atomic mass is 16.2. The van der Waals surface area contributed by atoms with Gasteiger partial charge in [0.05, 0.1) is 0 Å². The lowest BCUT2D eigenvalue weighted by atomic mass is 9.93. The molecule has 0 aromatic heterocycles. The van der Waals surface area contributed by atoms with Crippen LogP contribution in [-0.2, 0) is 4.79 Å². The number of urea groups is 1. The van der Waals surface area contributed by atoms with Gasteiger partial charge in [-0.15, -0.1) is 0 Å². The SMILES string of the molecule is O=C1NC(=O)C(=CC2CC=CCC2)N1. The molecule has 1 saturated heterocycles. The molecule has 2 N–H and O–H groups in total.